The van der Waals surface area contributed by atoms with Gasteiger partial charge in [0.2, 0.25) is 0 Å². The SMILES string of the molecule is CC[C@@H]1CC[C@H]2[C@@H]3CC=C4C=CCC[C@]4(C)[C@H]3CC[C@]12C. The van der Waals surface area contributed by atoms with Crippen LogP contribution in [0.5, 0.6) is 0 Å². The molecule has 116 valence electrons. The van der Waals surface area contributed by atoms with Gasteiger partial charge in [-0.05, 0) is 85.0 Å². The standard InChI is InChI=1S/C21H32/c1-4-15-9-11-18-17-10-8-16-7-5-6-13-20(16,2)19(17)12-14-21(15,18)3/h5,7-8,15,17-19H,4,6,9-14H2,1-3H3/t15-,17+,18+,19+,20+,21-/m1/s1. The molecule has 0 saturated heterocycles. The second-order valence-electron chi connectivity index (χ2n) is 8.86. The van der Waals surface area contributed by atoms with Gasteiger partial charge in [0.25, 0.3) is 0 Å². The Balaban J connectivity index is 1.69. The summed E-state index contributed by atoms with van der Waals surface area (Å²) < 4.78 is 0. The average molecular weight is 284 g/mol. The molecule has 4 aliphatic carbocycles. The Hall–Kier alpha value is -0.520. The Labute approximate surface area is 131 Å². The van der Waals surface area contributed by atoms with E-state index in [1.165, 1.54) is 51.4 Å². The molecule has 2 saturated carbocycles. The van der Waals surface area contributed by atoms with Crippen LogP contribution in [0, 0.1) is 34.5 Å². The van der Waals surface area contributed by atoms with E-state index in [0.717, 1.165) is 23.7 Å². The first kappa shape index (κ1) is 14.1. The smallest absolute Gasteiger partial charge is 0.00445 e. The van der Waals surface area contributed by atoms with Crippen molar-refractivity contribution in [3.8, 4) is 0 Å². The fraction of sp³-hybridized carbons (Fsp3) is 0.810. The molecule has 0 bridgehead atoms. The Bertz CT molecular complexity index is 484. The van der Waals surface area contributed by atoms with Crippen LogP contribution < -0.4 is 0 Å². The van der Waals surface area contributed by atoms with Crippen LogP contribution in [0.15, 0.2) is 23.8 Å². The van der Waals surface area contributed by atoms with Crippen LogP contribution in [0.3, 0.4) is 0 Å². The predicted octanol–water partition coefficient (Wildman–Crippen LogP) is 6.14. The van der Waals surface area contributed by atoms with Gasteiger partial charge in [-0.15, -0.1) is 0 Å². The van der Waals surface area contributed by atoms with E-state index in [-0.39, 0.29) is 0 Å². The first-order valence-corrected chi connectivity index (χ1v) is 9.47. The first-order valence-electron chi connectivity index (χ1n) is 9.47. The van der Waals surface area contributed by atoms with Crippen LogP contribution in [0.1, 0.15) is 72.1 Å². The van der Waals surface area contributed by atoms with Crippen LogP contribution in [0.25, 0.3) is 0 Å². The zero-order chi connectivity index (χ0) is 14.7. The molecule has 0 aromatic rings. The van der Waals surface area contributed by atoms with Crippen molar-refractivity contribution in [2.45, 2.75) is 72.1 Å². The highest BCUT2D eigenvalue weighted by atomic mass is 14.6. The Morgan fingerprint density at radius 2 is 1.95 bits per heavy atom. The molecule has 0 aromatic heterocycles. The van der Waals surface area contributed by atoms with Crippen LogP contribution in [-0.2, 0) is 0 Å². The van der Waals surface area contributed by atoms with E-state index in [0.29, 0.717) is 10.8 Å². The zero-order valence-corrected chi connectivity index (χ0v) is 14.2. The van der Waals surface area contributed by atoms with Gasteiger partial charge in [0.15, 0.2) is 0 Å². The molecule has 4 aliphatic rings. The molecule has 0 aromatic carbocycles. The maximum atomic E-state index is 2.65. The van der Waals surface area contributed by atoms with E-state index in [1.54, 1.807) is 5.57 Å². The molecular formula is C21H32. The number of rotatable bonds is 1. The summed E-state index contributed by atoms with van der Waals surface area (Å²) in [7, 11) is 0. The van der Waals surface area contributed by atoms with Gasteiger partial charge >= 0.3 is 0 Å². The topological polar surface area (TPSA) is 0 Å². The minimum Gasteiger partial charge on any atom is -0.0842 e. The molecule has 0 heterocycles. The lowest BCUT2D eigenvalue weighted by atomic mass is 9.48. The highest BCUT2D eigenvalue weighted by molar-refractivity contribution is 5.34. The Morgan fingerprint density at radius 1 is 1.10 bits per heavy atom. The van der Waals surface area contributed by atoms with Crippen molar-refractivity contribution in [2.24, 2.45) is 34.5 Å². The van der Waals surface area contributed by atoms with Gasteiger partial charge in [-0.25, -0.2) is 0 Å². The monoisotopic (exact) mass is 284 g/mol. The maximum absolute atomic E-state index is 2.65. The summed E-state index contributed by atoms with van der Waals surface area (Å²) in [4.78, 5) is 0. The molecule has 0 amide bonds. The predicted molar refractivity (Wildman–Crippen MR) is 90.0 cm³/mol. The van der Waals surface area contributed by atoms with Crippen molar-refractivity contribution in [2.75, 3.05) is 0 Å². The van der Waals surface area contributed by atoms with Gasteiger partial charge in [0.05, 0.1) is 0 Å². The Morgan fingerprint density at radius 3 is 2.76 bits per heavy atom. The van der Waals surface area contributed by atoms with Gasteiger partial charge < -0.3 is 0 Å². The lowest BCUT2D eigenvalue weighted by molar-refractivity contribution is -0.0359. The first-order chi connectivity index (χ1) is 10.1. The van der Waals surface area contributed by atoms with Crippen molar-refractivity contribution in [3.63, 3.8) is 0 Å². The molecule has 2 fully saturated rings. The van der Waals surface area contributed by atoms with Crippen molar-refractivity contribution < 1.29 is 0 Å². The van der Waals surface area contributed by atoms with E-state index in [1.807, 2.05) is 0 Å². The highest BCUT2D eigenvalue weighted by Gasteiger charge is 2.57. The summed E-state index contributed by atoms with van der Waals surface area (Å²) in [5.74, 6) is 3.98. The summed E-state index contributed by atoms with van der Waals surface area (Å²) in [6, 6.07) is 0. The highest BCUT2D eigenvalue weighted by Crippen LogP contribution is 2.66. The summed E-state index contributed by atoms with van der Waals surface area (Å²) in [6.07, 6.45) is 19.0. The van der Waals surface area contributed by atoms with E-state index < -0.39 is 0 Å². The maximum Gasteiger partial charge on any atom is -0.00445 e. The van der Waals surface area contributed by atoms with Gasteiger partial charge in [-0.3, -0.25) is 0 Å². The van der Waals surface area contributed by atoms with Crippen LogP contribution in [0.2, 0.25) is 0 Å². The fourth-order valence-electron chi connectivity index (χ4n) is 7.08. The third-order valence-corrected chi connectivity index (χ3v) is 8.34. The van der Waals surface area contributed by atoms with Crippen LogP contribution in [-0.4, -0.2) is 0 Å². The van der Waals surface area contributed by atoms with Crippen molar-refractivity contribution in [1.29, 1.82) is 0 Å². The molecule has 0 spiro atoms. The lowest BCUT2D eigenvalue weighted by Gasteiger charge is -2.57. The molecule has 0 radical (unpaired) electrons. The third kappa shape index (κ3) is 1.80. The normalized spacial score (nSPS) is 51.9. The van der Waals surface area contributed by atoms with Crippen molar-refractivity contribution in [3.05, 3.63) is 23.8 Å². The molecule has 0 N–H and O–H groups in total. The third-order valence-electron chi connectivity index (χ3n) is 8.34. The van der Waals surface area contributed by atoms with Gasteiger partial charge in [-0.2, -0.15) is 0 Å². The number of fused-ring (bicyclic) bond motifs is 5. The number of allylic oxidation sites excluding steroid dienone is 4. The van der Waals surface area contributed by atoms with Gasteiger partial charge in [-0.1, -0.05) is 45.4 Å². The summed E-state index contributed by atoms with van der Waals surface area (Å²) >= 11 is 0. The average Bonchev–Trinajstić information content (AvgIpc) is 2.83. The van der Waals surface area contributed by atoms with Crippen molar-refractivity contribution >= 4 is 0 Å². The zero-order valence-electron chi connectivity index (χ0n) is 14.2. The quantitative estimate of drug-likeness (QED) is 0.542. The largest absolute Gasteiger partial charge is 0.0842 e. The summed E-state index contributed by atoms with van der Waals surface area (Å²) in [6.45, 7) is 7.67. The molecule has 0 aliphatic heterocycles. The minimum absolute atomic E-state index is 0.503. The summed E-state index contributed by atoms with van der Waals surface area (Å²) in [5.41, 5.74) is 2.86. The van der Waals surface area contributed by atoms with E-state index >= 15 is 0 Å². The van der Waals surface area contributed by atoms with E-state index in [2.05, 4.69) is 39.0 Å². The molecule has 21 heavy (non-hydrogen) atoms. The van der Waals surface area contributed by atoms with E-state index in [9.17, 15) is 0 Å². The fourth-order valence-corrected chi connectivity index (χ4v) is 7.08. The minimum atomic E-state index is 0.503. The molecule has 0 heteroatoms. The lowest BCUT2D eigenvalue weighted by Crippen LogP contribution is -2.48. The summed E-state index contributed by atoms with van der Waals surface area (Å²) in [5, 5.41) is 0. The molecule has 4 rings (SSSR count). The Kier molecular flexibility index (Phi) is 3.18. The second kappa shape index (κ2) is 4.74. The molecule has 6 atom stereocenters. The number of hydrogen-bond acceptors (Lipinski definition) is 0. The molecule has 0 nitrogen and oxygen atoms in total. The van der Waals surface area contributed by atoms with Crippen LogP contribution >= 0.6 is 0 Å². The van der Waals surface area contributed by atoms with Crippen LogP contribution in [0.4, 0.5) is 0 Å². The van der Waals surface area contributed by atoms with Gasteiger partial charge in [0, 0.05) is 0 Å². The van der Waals surface area contributed by atoms with E-state index in [4.69, 9.17) is 0 Å². The van der Waals surface area contributed by atoms with Crippen molar-refractivity contribution in [1.82, 2.24) is 0 Å². The van der Waals surface area contributed by atoms with Gasteiger partial charge in [0.1, 0.15) is 0 Å². The molecular weight excluding hydrogens is 252 g/mol. The second-order valence-corrected chi connectivity index (χ2v) is 8.86. The molecule has 0 unspecified atom stereocenters. The number of hydrogen-bond donors (Lipinski definition) is 0.